The first kappa shape index (κ1) is 15.9. The lowest BCUT2D eigenvalue weighted by Gasteiger charge is -2.10. The quantitative estimate of drug-likeness (QED) is 0.851. The molecule has 0 aliphatic rings. The first-order valence-corrected chi connectivity index (χ1v) is 7.49. The molecule has 0 saturated heterocycles. The fourth-order valence-electron chi connectivity index (χ4n) is 1.87. The summed E-state index contributed by atoms with van der Waals surface area (Å²) in [6.45, 7) is 3.28. The first-order chi connectivity index (χ1) is 10.1. The van der Waals surface area contributed by atoms with Crippen molar-refractivity contribution >= 4 is 21.7 Å². The van der Waals surface area contributed by atoms with Crippen LogP contribution >= 0.6 is 15.9 Å². The summed E-state index contributed by atoms with van der Waals surface area (Å²) < 4.78 is 19.3. The molecule has 4 nitrogen and oxygen atoms in total. The van der Waals surface area contributed by atoms with Gasteiger partial charge in [-0.2, -0.15) is 0 Å². The minimum Gasteiger partial charge on any atom is -0.378 e. The van der Waals surface area contributed by atoms with Crippen molar-refractivity contribution in [3.63, 3.8) is 0 Å². The molecule has 1 aromatic heterocycles. The second kappa shape index (κ2) is 7.47. The summed E-state index contributed by atoms with van der Waals surface area (Å²) in [7, 11) is 1.61. The predicted molar refractivity (Wildman–Crippen MR) is 84.6 cm³/mol. The maximum absolute atomic E-state index is 13.5. The van der Waals surface area contributed by atoms with Crippen LogP contribution in [0.15, 0.2) is 28.7 Å². The number of halogens is 2. The second-order valence-electron chi connectivity index (χ2n) is 4.59. The van der Waals surface area contributed by atoms with E-state index in [9.17, 15) is 4.39 Å². The summed E-state index contributed by atoms with van der Waals surface area (Å²) in [5, 5.41) is 3.22. The van der Waals surface area contributed by atoms with Crippen molar-refractivity contribution in [3.05, 3.63) is 40.2 Å². The Hall–Kier alpha value is -1.53. The van der Waals surface area contributed by atoms with Crippen LogP contribution in [0, 0.1) is 5.82 Å². The van der Waals surface area contributed by atoms with Crippen molar-refractivity contribution in [2.45, 2.75) is 20.0 Å². The molecule has 0 amide bonds. The third-order valence-corrected chi connectivity index (χ3v) is 3.21. The van der Waals surface area contributed by atoms with Crippen LogP contribution < -0.4 is 5.32 Å². The van der Waals surface area contributed by atoms with Crippen LogP contribution in [0.5, 0.6) is 0 Å². The largest absolute Gasteiger partial charge is 0.378 e. The molecule has 0 bridgehead atoms. The highest BCUT2D eigenvalue weighted by Gasteiger charge is 2.09. The topological polar surface area (TPSA) is 47.0 Å². The molecule has 21 heavy (non-hydrogen) atoms. The fourth-order valence-corrected chi connectivity index (χ4v) is 2.34. The van der Waals surface area contributed by atoms with Gasteiger partial charge in [-0.25, -0.2) is 14.4 Å². The van der Waals surface area contributed by atoms with E-state index < -0.39 is 0 Å². The van der Waals surface area contributed by atoms with Gasteiger partial charge in [-0.05, 0) is 24.6 Å². The molecule has 0 fully saturated rings. The van der Waals surface area contributed by atoms with Crippen molar-refractivity contribution in [3.8, 4) is 11.4 Å². The summed E-state index contributed by atoms with van der Waals surface area (Å²) >= 11 is 3.28. The van der Waals surface area contributed by atoms with Crippen LogP contribution in [0.3, 0.4) is 0 Å². The van der Waals surface area contributed by atoms with Gasteiger partial charge in [-0.3, -0.25) is 0 Å². The Morgan fingerprint density at radius 3 is 2.71 bits per heavy atom. The summed E-state index contributed by atoms with van der Waals surface area (Å²) in [6, 6.07) is 6.45. The maximum Gasteiger partial charge on any atom is 0.161 e. The molecule has 0 aliphatic carbocycles. The van der Waals surface area contributed by atoms with Crippen LogP contribution in [0.25, 0.3) is 11.4 Å². The van der Waals surface area contributed by atoms with Crippen molar-refractivity contribution < 1.29 is 9.13 Å². The van der Waals surface area contributed by atoms with Gasteiger partial charge in [-0.15, -0.1) is 0 Å². The van der Waals surface area contributed by atoms with E-state index in [-0.39, 0.29) is 5.82 Å². The number of rotatable bonds is 6. The fraction of sp³-hybridized carbons (Fsp3) is 0.333. The van der Waals surface area contributed by atoms with Crippen molar-refractivity contribution in [2.75, 3.05) is 19.0 Å². The Morgan fingerprint density at radius 1 is 1.24 bits per heavy atom. The minimum atomic E-state index is -0.330. The number of hydrogen-bond acceptors (Lipinski definition) is 4. The van der Waals surface area contributed by atoms with E-state index in [0.29, 0.717) is 28.3 Å². The van der Waals surface area contributed by atoms with Crippen LogP contribution in [0.1, 0.15) is 19.0 Å². The van der Waals surface area contributed by atoms with E-state index in [1.54, 1.807) is 13.2 Å². The Balaban J connectivity index is 2.42. The predicted octanol–water partition coefficient (Wildman–Crippen LogP) is 4.01. The summed E-state index contributed by atoms with van der Waals surface area (Å²) in [5.74, 6) is 0.862. The molecule has 0 unspecified atom stereocenters. The number of anilines is 1. The Morgan fingerprint density at radius 2 is 2.05 bits per heavy atom. The van der Waals surface area contributed by atoms with Gasteiger partial charge >= 0.3 is 0 Å². The molecule has 0 saturated carbocycles. The van der Waals surface area contributed by atoms with Crippen LogP contribution in [0.2, 0.25) is 0 Å². The van der Waals surface area contributed by atoms with E-state index in [1.165, 1.54) is 12.1 Å². The van der Waals surface area contributed by atoms with E-state index >= 15 is 0 Å². The van der Waals surface area contributed by atoms with E-state index in [2.05, 4.69) is 38.1 Å². The lowest BCUT2D eigenvalue weighted by Crippen LogP contribution is -2.06. The van der Waals surface area contributed by atoms with Crippen molar-refractivity contribution in [1.82, 2.24) is 9.97 Å². The van der Waals surface area contributed by atoms with Crippen molar-refractivity contribution in [1.29, 1.82) is 0 Å². The normalized spacial score (nSPS) is 10.7. The molecule has 112 valence electrons. The van der Waals surface area contributed by atoms with Gasteiger partial charge in [0.05, 0.1) is 12.3 Å². The summed E-state index contributed by atoms with van der Waals surface area (Å²) in [5.41, 5.74) is 1.38. The van der Waals surface area contributed by atoms with Gasteiger partial charge < -0.3 is 10.1 Å². The smallest absolute Gasteiger partial charge is 0.161 e. The minimum absolute atomic E-state index is 0.330. The molecule has 1 heterocycles. The average molecular weight is 354 g/mol. The standard InChI is InChI=1S/C15H17BrFN3O/c1-3-4-18-14-8-13(9-21-2)19-15(20-14)10-5-11(16)7-12(17)6-10/h5-8H,3-4,9H2,1-2H3,(H,18,19,20). The second-order valence-corrected chi connectivity index (χ2v) is 5.50. The Kier molecular flexibility index (Phi) is 5.64. The molecule has 0 spiro atoms. The monoisotopic (exact) mass is 353 g/mol. The zero-order valence-corrected chi connectivity index (χ0v) is 13.6. The lowest BCUT2D eigenvalue weighted by molar-refractivity contribution is 0.181. The van der Waals surface area contributed by atoms with Gasteiger partial charge in [0.1, 0.15) is 11.6 Å². The summed E-state index contributed by atoms with van der Waals surface area (Å²) in [4.78, 5) is 8.86. The maximum atomic E-state index is 13.5. The number of aromatic nitrogens is 2. The summed E-state index contributed by atoms with van der Waals surface area (Å²) in [6.07, 6.45) is 0.991. The third kappa shape index (κ3) is 4.47. The van der Waals surface area contributed by atoms with Gasteiger partial charge in [-0.1, -0.05) is 22.9 Å². The molecule has 2 rings (SSSR count). The molecule has 0 atom stereocenters. The number of benzene rings is 1. The number of methoxy groups -OCH3 is 1. The molecule has 0 radical (unpaired) electrons. The van der Waals surface area contributed by atoms with Crippen LogP contribution in [-0.4, -0.2) is 23.6 Å². The Labute approximate surface area is 131 Å². The van der Waals surface area contributed by atoms with E-state index in [4.69, 9.17) is 4.74 Å². The average Bonchev–Trinajstić information content (AvgIpc) is 2.44. The molecular weight excluding hydrogens is 337 g/mol. The highest BCUT2D eigenvalue weighted by molar-refractivity contribution is 9.10. The molecule has 2 aromatic rings. The number of ether oxygens (including phenoxy) is 1. The van der Waals surface area contributed by atoms with Gasteiger partial charge in [0, 0.05) is 29.8 Å². The molecule has 6 heteroatoms. The van der Waals surface area contributed by atoms with Crippen LogP contribution in [0.4, 0.5) is 10.2 Å². The molecule has 1 aromatic carbocycles. The number of nitrogens with zero attached hydrogens (tertiary/aromatic N) is 2. The first-order valence-electron chi connectivity index (χ1n) is 6.69. The zero-order chi connectivity index (χ0) is 15.2. The lowest BCUT2D eigenvalue weighted by atomic mass is 10.2. The van der Waals surface area contributed by atoms with Crippen LogP contribution in [-0.2, 0) is 11.3 Å². The third-order valence-electron chi connectivity index (χ3n) is 2.75. The zero-order valence-electron chi connectivity index (χ0n) is 12.0. The van der Waals surface area contributed by atoms with Crippen molar-refractivity contribution in [2.24, 2.45) is 0 Å². The number of nitrogens with one attached hydrogen (secondary N) is 1. The molecule has 1 N–H and O–H groups in total. The van der Waals surface area contributed by atoms with Gasteiger partial charge in [0.2, 0.25) is 0 Å². The molecular formula is C15H17BrFN3O. The number of hydrogen-bond donors (Lipinski definition) is 1. The molecule has 0 aliphatic heterocycles. The SMILES string of the molecule is CCCNc1cc(COC)nc(-c2cc(F)cc(Br)c2)n1. The highest BCUT2D eigenvalue weighted by atomic mass is 79.9. The van der Waals surface area contributed by atoms with E-state index in [0.717, 1.165) is 18.7 Å². The Bertz CT molecular complexity index is 602. The van der Waals surface area contributed by atoms with E-state index in [1.807, 2.05) is 6.07 Å². The van der Waals surface area contributed by atoms with Gasteiger partial charge in [0.15, 0.2) is 5.82 Å². The van der Waals surface area contributed by atoms with Gasteiger partial charge in [0.25, 0.3) is 0 Å². The highest BCUT2D eigenvalue weighted by Crippen LogP contribution is 2.23.